The molecule has 3 aromatic rings. The Morgan fingerprint density at radius 2 is 1.86 bits per heavy atom. The van der Waals surface area contributed by atoms with Crippen LogP contribution < -0.4 is 10.2 Å². The number of hydrazone groups is 1. The molecule has 1 amide bonds. The first-order valence-electron chi connectivity index (χ1n) is 8.75. The number of carbonyl (C=O) groups is 1. The number of rotatable bonds is 6. The molecule has 1 heterocycles. The Balaban J connectivity index is 1.56. The highest BCUT2D eigenvalue weighted by Crippen LogP contribution is 2.17. The fourth-order valence-electron chi connectivity index (χ4n) is 2.65. The molecule has 0 atom stereocenters. The third kappa shape index (κ3) is 4.78. The van der Waals surface area contributed by atoms with Crippen molar-refractivity contribution in [2.24, 2.45) is 12.1 Å². The van der Waals surface area contributed by atoms with Crippen molar-refractivity contribution in [1.29, 1.82) is 0 Å². The minimum atomic E-state index is -0.277. The number of hydrogen-bond acceptors (Lipinski definition) is 4. The number of nitrogens with zero attached hydrogens (tertiary/aromatic N) is 3. The Bertz CT molecular complexity index is 992. The van der Waals surface area contributed by atoms with Gasteiger partial charge in [-0.25, -0.2) is 5.43 Å². The highest BCUT2D eigenvalue weighted by molar-refractivity contribution is 6.30. The summed E-state index contributed by atoms with van der Waals surface area (Å²) in [6.07, 6.45) is 1.61. The van der Waals surface area contributed by atoms with Crippen LogP contribution in [0.5, 0.6) is 5.75 Å². The zero-order valence-corrected chi connectivity index (χ0v) is 16.7. The van der Waals surface area contributed by atoms with Gasteiger partial charge in [-0.2, -0.15) is 10.2 Å². The maximum absolute atomic E-state index is 12.2. The van der Waals surface area contributed by atoms with Crippen LogP contribution >= 0.6 is 11.6 Å². The van der Waals surface area contributed by atoms with Gasteiger partial charge in [0.05, 0.1) is 11.9 Å². The normalized spacial score (nSPS) is 11.0. The minimum Gasteiger partial charge on any atom is -0.489 e. The molecule has 0 aliphatic carbocycles. The Hall–Kier alpha value is -3.12. The van der Waals surface area contributed by atoms with Gasteiger partial charge in [-0.15, -0.1) is 0 Å². The number of halogens is 1. The van der Waals surface area contributed by atoms with E-state index in [1.807, 2.05) is 45.2 Å². The summed E-state index contributed by atoms with van der Waals surface area (Å²) in [5, 5.41) is 9.03. The quantitative estimate of drug-likeness (QED) is 0.505. The first-order valence-corrected chi connectivity index (χ1v) is 9.13. The van der Waals surface area contributed by atoms with E-state index in [2.05, 4.69) is 15.6 Å². The highest BCUT2D eigenvalue weighted by atomic mass is 35.5. The van der Waals surface area contributed by atoms with E-state index in [1.165, 1.54) is 0 Å². The standard InChI is InChI=1S/C21H21ClN4O2/c1-14-20(15(2)26(3)25-14)12-23-24-21(27)17-6-4-16(5-7-17)13-28-19-10-8-18(22)9-11-19/h4-12H,13H2,1-3H3,(H,24,27)/b23-12+. The average Bonchev–Trinajstić information content (AvgIpc) is 2.94. The maximum Gasteiger partial charge on any atom is 0.271 e. The molecular weight excluding hydrogens is 376 g/mol. The van der Waals surface area contributed by atoms with E-state index < -0.39 is 0 Å². The summed E-state index contributed by atoms with van der Waals surface area (Å²) in [6.45, 7) is 4.26. The Labute approximate surface area is 168 Å². The molecule has 0 spiro atoms. The van der Waals surface area contributed by atoms with Gasteiger partial charge in [-0.3, -0.25) is 9.48 Å². The SMILES string of the molecule is Cc1nn(C)c(C)c1/C=N/NC(=O)c1ccc(COc2ccc(Cl)cc2)cc1. The lowest BCUT2D eigenvalue weighted by atomic mass is 10.1. The molecule has 2 aromatic carbocycles. The minimum absolute atomic E-state index is 0.277. The monoisotopic (exact) mass is 396 g/mol. The molecule has 7 heteroatoms. The summed E-state index contributed by atoms with van der Waals surface area (Å²) >= 11 is 5.86. The van der Waals surface area contributed by atoms with Crippen LogP contribution in [0.15, 0.2) is 53.6 Å². The van der Waals surface area contributed by atoms with E-state index >= 15 is 0 Å². The van der Waals surface area contributed by atoms with Gasteiger partial charge in [0.25, 0.3) is 5.91 Å². The second kappa shape index (κ2) is 8.71. The predicted molar refractivity (Wildman–Crippen MR) is 110 cm³/mol. The van der Waals surface area contributed by atoms with Crippen molar-refractivity contribution in [1.82, 2.24) is 15.2 Å². The Morgan fingerprint density at radius 3 is 2.46 bits per heavy atom. The van der Waals surface area contributed by atoms with Crippen molar-refractivity contribution in [2.75, 3.05) is 0 Å². The topological polar surface area (TPSA) is 68.5 Å². The lowest BCUT2D eigenvalue weighted by molar-refractivity contribution is 0.0955. The van der Waals surface area contributed by atoms with Gasteiger partial charge < -0.3 is 4.74 Å². The van der Waals surface area contributed by atoms with Crippen LogP contribution in [0.25, 0.3) is 0 Å². The number of hydrogen-bond donors (Lipinski definition) is 1. The number of amides is 1. The first-order chi connectivity index (χ1) is 13.4. The summed E-state index contributed by atoms with van der Waals surface area (Å²) in [7, 11) is 1.87. The molecule has 1 aromatic heterocycles. The van der Waals surface area contributed by atoms with E-state index in [0.29, 0.717) is 17.2 Å². The first kappa shape index (κ1) is 19.6. The van der Waals surface area contributed by atoms with E-state index in [-0.39, 0.29) is 5.91 Å². The molecule has 0 saturated heterocycles. The van der Waals surface area contributed by atoms with Gasteiger partial charge in [0.2, 0.25) is 0 Å². The van der Waals surface area contributed by atoms with Gasteiger partial charge in [0, 0.05) is 28.9 Å². The van der Waals surface area contributed by atoms with Gasteiger partial charge in [0.1, 0.15) is 12.4 Å². The lowest BCUT2D eigenvalue weighted by Gasteiger charge is -2.07. The number of carbonyl (C=O) groups excluding carboxylic acids is 1. The number of aryl methyl sites for hydroxylation is 2. The molecule has 0 fully saturated rings. The molecule has 1 N–H and O–H groups in total. The van der Waals surface area contributed by atoms with Crippen molar-refractivity contribution in [2.45, 2.75) is 20.5 Å². The smallest absolute Gasteiger partial charge is 0.271 e. The summed E-state index contributed by atoms with van der Waals surface area (Å²) in [5.41, 5.74) is 6.77. The van der Waals surface area contributed by atoms with Crippen LogP contribution in [0.3, 0.4) is 0 Å². The molecule has 144 valence electrons. The number of benzene rings is 2. The van der Waals surface area contributed by atoms with Gasteiger partial charge >= 0.3 is 0 Å². The molecule has 0 aliphatic heterocycles. The summed E-state index contributed by atoms with van der Waals surface area (Å²) in [5.74, 6) is 0.460. The molecule has 0 radical (unpaired) electrons. The van der Waals surface area contributed by atoms with Crippen LogP contribution in [-0.4, -0.2) is 21.9 Å². The van der Waals surface area contributed by atoms with Crippen molar-refractivity contribution in [3.8, 4) is 5.75 Å². The number of nitrogens with one attached hydrogen (secondary N) is 1. The number of ether oxygens (including phenoxy) is 1. The molecular formula is C21H21ClN4O2. The molecule has 0 unspecified atom stereocenters. The zero-order chi connectivity index (χ0) is 20.1. The fourth-order valence-corrected chi connectivity index (χ4v) is 2.77. The third-order valence-electron chi connectivity index (χ3n) is 4.36. The third-order valence-corrected chi connectivity index (χ3v) is 4.61. The van der Waals surface area contributed by atoms with Gasteiger partial charge in [-0.05, 0) is 55.8 Å². The van der Waals surface area contributed by atoms with Crippen LogP contribution in [0.2, 0.25) is 5.02 Å². The molecule has 28 heavy (non-hydrogen) atoms. The lowest BCUT2D eigenvalue weighted by Crippen LogP contribution is -2.17. The van der Waals surface area contributed by atoms with Crippen LogP contribution in [0.4, 0.5) is 0 Å². The Kier molecular flexibility index (Phi) is 6.11. The molecule has 6 nitrogen and oxygen atoms in total. The molecule has 0 saturated carbocycles. The van der Waals surface area contributed by atoms with E-state index in [1.54, 1.807) is 35.2 Å². The number of aromatic nitrogens is 2. The van der Waals surface area contributed by atoms with Crippen LogP contribution in [-0.2, 0) is 13.7 Å². The zero-order valence-electron chi connectivity index (χ0n) is 15.9. The van der Waals surface area contributed by atoms with E-state index in [0.717, 1.165) is 28.3 Å². The van der Waals surface area contributed by atoms with Crippen LogP contribution in [0, 0.1) is 13.8 Å². The van der Waals surface area contributed by atoms with Gasteiger partial charge in [-0.1, -0.05) is 23.7 Å². The summed E-state index contributed by atoms with van der Waals surface area (Å²) < 4.78 is 7.48. The highest BCUT2D eigenvalue weighted by Gasteiger charge is 2.08. The Morgan fingerprint density at radius 1 is 1.18 bits per heavy atom. The second-order valence-corrected chi connectivity index (χ2v) is 6.78. The van der Waals surface area contributed by atoms with E-state index in [9.17, 15) is 4.79 Å². The van der Waals surface area contributed by atoms with E-state index in [4.69, 9.17) is 16.3 Å². The van der Waals surface area contributed by atoms with Crippen molar-refractivity contribution in [3.63, 3.8) is 0 Å². The van der Waals surface area contributed by atoms with Gasteiger partial charge in [0.15, 0.2) is 0 Å². The average molecular weight is 397 g/mol. The molecule has 3 rings (SSSR count). The fraction of sp³-hybridized carbons (Fsp3) is 0.190. The van der Waals surface area contributed by atoms with Crippen molar-refractivity contribution >= 4 is 23.7 Å². The van der Waals surface area contributed by atoms with Crippen LogP contribution in [0.1, 0.15) is 32.9 Å². The van der Waals surface area contributed by atoms with Crippen molar-refractivity contribution in [3.05, 3.63) is 81.6 Å². The largest absolute Gasteiger partial charge is 0.489 e. The maximum atomic E-state index is 12.2. The summed E-state index contributed by atoms with van der Waals surface area (Å²) in [4.78, 5) is 12.2. The summed E-state index contributed by atoms with van der Waals surface area (Å²) in [6, 6.07) is 14.4. The molecule has 0 aliphatic rings. The predicted octanol–water partition coefficient (Wildman–Crippen LogP) is 4.03. The molecule has 0 bridgehead atoms. The van der Waals surface area contributed by atoms with Crippen molar-refractivity contribution < 1.29 is 9.53 Å². The second-order valence-electron chi connectivity index (χ2n) is 6.35.